The molecular formula is C10H17N3O5S. The van der Waals surface area contributed by atoms with Gasteiger partial charge in [-0.25, -0.2) is 8.42 Å². The van der Waals surface area contributed by atoms with Crippen LogP contribution in [0.5, 0.6) is 0 Å². The lowest BCUT2D eigenvalue weighted by atomic mass is 10.1. The van der Waals surface area contributed by atoms with Gasteiger partial charge in [0.1, 0.15) is 11.4 Å². The van der Waals surface area contributed by atoms with Crippen LogP contribution in [0.4, 0.5) is 0 Å². The van der Waals surface area contributed by atoms with Crippen LogP contribution in [-0.4, -0.2) is 57.9 Å². The van der Waals surface area contributed by atoms with Crippen LogP contribution in [0.25, 0.3) is 0 Å². The first-order chi connectivity index (χ1) is 8.52. The van der Waals surface area contributed by atoms with E-state index in [2.05, 4.69) is 5.10 Å². The Bertz CT molecular complexity index is 558. The number of aliphatic hydroxyl groups is 1. The summed E-state index contributed by atoms with van der Waals surface area (Å²) < 4.78 is 26.3. The first-order valence-corrected chi connectivity index (χ1v) is 6.89. The molecule has 1 heterocycles. The van der Waals surface area contributed by atoms with Crippen LogP contribution < -0.4 is 0 Å². The van der Waals surface area contributed by atoms with Gasteiger partial charge in [0.25, 0.3) is 0 Å². The van der Waals surface area contributed by atoms with Crippen LogP contribution in [0.15, 0.2) is 17.3 Å². The van der Waals surface area contributed by atoms with E-state index in [1.54, 1.807) is 0 Å². The molecular weight excluding hydrogens is 274 g/mol. The van der Waals surface area contributed by atoms with Gasteiger partial charge in [0, 0.05) is 19.8 Å². The molecule has 9 heteroatoms. The van der Waals surface area contributed by atoms with Gasteiger partial charge in [0.05, 0.1) is 11.8 Å². The Labute approximate surface area is 111 Å². The number of nitrogens with zero attached hydrogens (tertiary/aromatic N) is 3. The zero-order chi connectivity index (χ0) is 14.8. The number of carboxylic acids is 1. The molecule has 0 aromatic carbocycles. The topological polar surface area (TPSA) is 113 Å². The van der Waals surface area contributed by atoms with Crippen LogP contribution in [0, 0.1) is 0 Å². The van der Waals surface area contributed by atoms with E-state index in [9.17, 15) is 18.3 Å². The number of hydrogen-bond acceptors (Lipinski definition) is 5. The number of rotatable bonds is 6. The predicted molar refractivity (Wildman–Crippen MR) is 66.0 cm³/mol. The van der Waals surface area contributed by atoms with E-state index in [0.29, 0.717) is 0 Å². The van der Waals surface area contributed by atoms with E-state index in [1.807, 2.05) is 0 Å². The fourth-order valence-corrected chi connectivity index (χ4v) is 2.79. The number of likely N-dealkylation sites (N-methyl/N-ethyl adjacent to an activating group) is 1. The van der Waals surface area contributed by atoms with Crippen molar-refractivity contribution in [3.8, 4) is 0 Å². The Morgan fingerprint density at radius 2 is 2.11 bits per heavy atom. The second kappa shape index (κ2) is 5.27. The van der Waals surface area contributed by atoms with Gasteiger partial charge < -0.3 is 10.2 Å². The van der Waals surface area contributed by atoms with Crippen LogP contribution in [0.2, 0.25) is 0 Å². The smallest absolute Gasteiger partial charge is 0.325 e. The molecule has 0 aliphatic heterocycles. The molecule has 108 valence electrons. The summed E-state index contributed by atoms with van der Waals surface area (Å²) in [5.74, 6) is -1.11. The minimum absolute atomic E-state index is 0.0839. The number of aromatic nitrogens is 2. The lowest BCUT2D eigenvalue weighted by Gasteiger charge is -2.24. The minimum Gasteiger partial charge on any atom is -0.480 e. The molecule has 19 heavy (non-hydrogen) atoms. The zero-order valence-corrected chi connectivity index (χ0v) is 11.8. The monoisotopic (exact) mass is 291 g/mol. The minimum atomic E-state index is -3.79. The molecule has 0 saturated heterocycles. The molecule has 0 aliphatic carbocycles. The molecule has 8 nitrogen and oxygen atoms in total. The zero-order valence-electron chi connectivity index (χ0n) is 10.9. The molecule has 2 N–H and O–H groups in total. The average molecular weight is 291 g/mol. The molecule has 1 rings (SSSR count). The molecule has 0 saturated carbocycles. The highest BCUT2D eigenvalue weighted by atomic mass is 32.2. The number of aliphatic carboxylic acids is 1. The molecule has 0 bridgehead atoms. The van der Waals surface area contributed by atoms with E-state index >= 15 is 0 Å². The molecule has 0 amide bonds. The van der Waals surface area contributed by atoms with Gasteiger partial charge in [-0.1, -0.05) is 0 Å². The summed E-state index contributed by atoms with van der Waals surface area (Å²) in [7, 11) is -2.45. The Morgan fingerprint density at radius 3 is 2.58 bits per heavy atom. The second-order valence-corrected chi connectivity index (χ2v) is 6.89. The molecule has 0 radical (unpaired) electrons. The Balaban J connectivity index is 2.94. The summed E-state index contributed by atoms with van der Waals surface area (Å²) in [5.41, 5.74) is -1.17. The van der Waals surface area contributed by atoms with E-state index in [-0.39, 0.29) is 11.4 Å². The van der Waals surface area contributed by atoms with Gasteiger partial charge in [0.15, 0.2) is 0 Å². The summed E-state index contributed by atoms with van der Waals surface area (Å²) in [6.07, 6.45) is 2.23. The molecule has 0 spiro atoms. The van der Waals surface area contributed by atoms with Crippen molar-refractivity contribution in [1.29, 1.82) is 0 Å². The third-order valence-electron chi connectivity index (χ3n) is 2.22. The van der Waals surface area contributed by atoms with Crippen LogP contribution in [-0.2, 0) is 21.4 Å². The molecule has 1 aromatic rings. The Kier molecular flexibility index (Phi) is 4.33. The van der Waals surface area contributed by atoms with Crippen molar-refractivity contribution >= 4 is 16.0 Å². The predicted octanol–water partition coefficient (Wildman–Crippen LogP) is -0.641. The van der Waals surface area contributed by atoms with Gasteiger partial charge >= 0.3 is 5.97 Å². The van der Waals surface area contributed by atoms with E-state index < -0.39 is 28.1 Å². The van der Waals surface area contributed by atoms with Crippen LogP contribution in [0.1, 0.15) is 13.8 Å². The van der Waals surface area contributed by atoms with Crippen molar-refractivity contribution < 1.29 is 23.4 Å². The normalized spacial score (nSPS) is 12.9. The van der Waals surface area contributed by atoms with E-state index in [0.717, 1.165) is 21.4 Å². The summed E-state index contributed by atoms with van der Waals surface area (Å²) >= 11 is 0. The number of sulfonamides is 1. The Morgan fingerprint density at radius 1 is 1.53 bits per heavy atom. The van der Waals surface area contributed by atoms with Crippen molar-refractivity contribution in [2.45, 2.75) is 30.9 Å². The summed E-state index contributed by atoms with van der Waals surface area (Å²) in [5, 5.41) is 21.9. The summed E-state index contributed by atoms with van der Waals surface area (Å²) in [4.78, 5) is 10.4. The number of carboxylic acid groups (broad SMARTS) is 1. The fourth-order valence-electron chi connectivity index (χ4n) is 1.51. The largest absolute Gasteiger partial charge is 0.480 e. The molecule has 0 unspecified atom stereocenters. The third kappa shape index (κ3) is 4.30. The first kappa shape index (κ1) is 15.6. The van der Waals surface area contributed by atoms with Gasteiger partial charge in [-0.15, -0.1) is 0 Å². The van der Waals surface area contributed by atoms with E-state index in [4.69, 9.17) is 5.11 Å². The fraction of sp³-hybridized carbons (Fsp3) is 0.600. The van der Waals surface area contributed by atoms with Gasteiger partial charge in [-0.2, -0.15) is 9.40 Å². The van der Waals surface area contributed by atoms with Crippen LogP contribution in [0.3, 0.4) is 0 Å². The van der Waals surface area contributed by atoms with Gasteiger partial charge in [-0.05, 0) is 13.8 Å². The number of hydrogen-bond donors (Lipinski definition) is 2. The highest BCUT2D eigenvalue weighted by Gasteiger charge is 2.27. The summed E-state index contributed by atoms with van der Waals surface area (Å²) in [6.45, 7) is 2.49. The average Bonchev–Trinajstić information content (AvgIpc) is 2.62. The Hall–Kier alpha value is -1.45. The first-order valence-electron chi connectivity index (χ1n) is 5.45. The lowest BCUT2D eigenvalue weighted by molar-refractivity contribution is -0.137. The summed E-state index contributed by atoms with van der Waals surface area (Å²) in [6, 6.07) is 0. The maximum Gasteiger partial charge on any atom is 0.325 e. The third-order valence-corrected chi connectivity index (χ3v) is 3.98. The van der Waals surface area contributed by atoms with Crippen molar-refractivity contribution in [3.05, 3.63) is 12.4 Å². The molecule has 0 aliphatic rings. The standard InChI is InChI=1S/C10H17N3O5S/c1-10(2,16)7-12(3)19(17,18)8-4-11-13(5-8)6-9(14)15/h4-5,16H,6-7H2,1-3H3,(H,14,15). The quantitative estimate of drug-likeness (QED) is 0.721. The van der Waals surface area contributed by atoms with Gasteiger partial charge in [-0.3, -0.25) is 9.48 Å². The van der Waals surface area contributed by atoms with Crippen LogP contribution >= 0.6 is 0 Å². The van der Waals surface area contributed by atoms with Crippen molar-refractivity contribution in [1.82, 2.24) is 14.1 Å². The van der Waals surface area contributed by atoms with E-state index in [1.165, 1.54) is 20.9 Å². The molecule has 0 atom stereocenters. The van der Waals surface area contributed by atoms with Crippen molar-refractivity contribution in [3.63, 3.8) is 0 Å². The maximum absolute atomic E-state index is 12.1. The van der Waals surface area contributed by atoms with Crippen molar-refractivity contribution in [2.75, 3.05) is 13.6 Å². The number of carbonyl (C=O) groups is 1. The lowest BCUT2D eigenvalue weighted by Crippen LogP contribution is -2.39. The highest BCUT2D eigenvalue weighted by molar-refractivity contribution is 7.89. The maximum atomic E-state index is 12.1. The second-order valence-electron chi connectivity index (χ2n) is 4.84. The van der Waals surface area contributed by atoms with Crippen molar-refractivity contribution in [2.24, 2.45) is 0 Å². The SMILES string of the molecule is CN(CC(C)(C)O)S(=O)(=O)c1cnn(CC(=O)O)c1. The molecule has 0 fully saturated rings. The van der Waals surface area contributed by atoms with Gasteiger partial charge in [0.2, 0.25) is 10.0 Å². The molecule has 1 aromatic heterocycles. The highest BCUT2D eigenvalue weighted by Crippen LogP contribution is 2.15.